The van der Waals surface area contributed by atoms with Crippen molar-refractivity contribution in [3.8, 4) is 0 Å². The number of quaternary nitrogens is 1. The fourth-order valence-electron chi connectivity index (χ4n) is 2.12. The molecule has 2 nitrogen and oxygen atoms in total. The van der Waals surface area contributed by atoms with Crippen LogP contribution in [0.4, 0.5) is 0 Å². The summed E-state index contributed by atoms with van der Waals surface area (Å²) in [6.07, 6.45) is 3.33. The molecule has 65 valence electrons. The molecule has 0 atom stereocenters. The second-order valence-corrected chi connectivity index (χ2v) is 4.95. The van der Waals surface area contributed by atoms with E-state index in [0.717, 1.165) is 12.8 Å². The molecular formula is C9H19NO+. The third-order valence-electron chi connectivity index (χ3n) is 2.83. The molecule has 0 aromatic rings. The molecule has 1 radical (unpaired) electrons. The Labute approximate surface area is 69.2 Å². The van der Waals surface area contributed by atoms with Gasteiger partial charge in [0.2, 0.25) is 0 Å². The lowest BCUT2D eigenvalue weighted by Crippen LogP contribution is -3.23. The zero-order valence-corrected chi connectivity index (χ0v) is 8.03. The maximum Gasteiger partial charge on any atom is 0.125 e. The maximum absolute atomic E-state index is 11.8. The molecular weight excluding hydrogens is 138 g/mol. The first-order valence-electron chi connectivity index (χ1n) is 4.41. The molecule has 0 amide bonds. The molecule has 11 heavy (non-hydrogen) atoms. The van der Waals surface area contributed by atoms with Crippen LogP contribution in [-0.2, 0) is 5.21 Å². The number of hydroxylamine groups is 2. The fourth-order valence-corrected chi connectivity index (χ4v) is 2.12. The van der Waals surface area contributed by atoms with Crippen molar-refractivity contribution in [3.05, 3.63) is 0 Å². The van der Waals surface area contributed by atoms with Gasteiger partial charge in [-0.15, -0.1) is 5.06 Å². The van der Waals surface area contributed by atoms with Gasteiger partial charge in [-0.2, -0.15) is 0 Å². The van der Waals surface area contributed by atoms with E-state index in [1.165, 1.54) is 6.42 Å². The van der Waals surface area contributed by atoms with Gasteiger partial charge in [0.05, 0.1) is 0 Å². The summed E-state index contributed by atoms with van der Waals surface area (Å²) in [7, 11) is 0. The van der Waals surface area contributed by atoms with E-state index in [9.17, 15) is 5.21 Å². The Balaban J connectivity index is 2.76. The van der Waals surface area contributed by atoms with Crippen molar-refractivity contribution < 1.29 is 10.3 Å². The molecule has 2 heteroatoms. The van der Waals surface area contributed by atoms with Gasteiger partial charge in [0.1, 0.15) is 11.1 Å². The number of rotatable bonds is 0. The molecule has 0 saturated carbocycles. The van der Waals surface area contributed by atoms with E-state index in [-0.39, 0.29) is 11.1 Å². The molecule has 1 aliphatic heterocycles. The van der Waals surface area contributed by atoms with Crippen LogP contribution in [0.5, 0.6) is 0 Å². The van der Waals surface area contributed by atoms with Crippen molar-refractivity contribution in [3.63, 3.8) is 0 Å². The van der Waals surface area contributed by atoms with Gasteiger partial charge in [0.25, 0.3) is 0 Å². The van der Waals surface area contributed by atoms with Crippen LogP contribution < -0.4 is 5.06 Å². The lowest BCUT2D eigenvalue weighted by Gasteiger charge is -2.41. The van der Waals surface area contributed by atoms with Crippen molar-refractivity contribution >= 4 is 0 Å². The summed E-state index contributed by atoms with van der Waals surface area (Å²) in [6.45, 7) is 8.26. The van der Waals surface area contributed by atoms with E-state index in [4.69, 9.17) is 0 Å². The van der Waals surface area contributed by atoms with Crippen molar-refractivity contribution in [2.75, 3.05) is 0 Å². The van der Waals surface area contributed by atoms with Crippen LogP contribution in [0, 0.1) is 0 Å². The second kappa shape index (κ2) is 2.46. The Hall–Kier alpha value is -0.0800. The van der Waals surface area contributed by atoms with Crippen molar-refractivity contribution in [1.29, 1.82) is 0 Å². The first-order valence-corrected chi connectivity index (χ1v) is 4.41. The quantitative estimate of drug-likeness (QED) is 0.541. The maximum atomic E-state index is 11.8. The number of hydrogen-bond acceptors (Lipinski definition) is 0. The number of nitrogens with one attached hydrogen (secondary N) is 1. The van der Waals surface area contributed by atoms with E-state index >= 15 is 0 Å². The van der Waals surface area contributed by atoms with Crippen molar-refractivity contribution in [1.82, 2.24) is 0 Å². The molecule has 1 fully saturated rings. The van der Waals surface area contributed by atoms with Gasteiger partial charge < -0.3 is 0 Å². The first-order chi connectivity index (χ1) is 4.86. The first kappa shape index (κ1) is 9.01. The molecule has 1 heterocycles. The third-order valence-corrected chi connectivity index (χ3v) is 2.83. The van der Waals surface area contributed by atoms with Gasteiger partial charge in [-0.05, 0) is 34.1 Å². The zero-order valence-electron chi connectivity index (χ0n) is 8.03. The van der Waals surface area contributed by atoms with Crippen LogP contribution in [0.2, 0.25) is 0 Å². The van der Waals surface area contributed by atoms with E-state index in [1.54, 1.807) is 0 Å². The Morgan fingerprint density at radius 2 is 1.36 bits per heavy atom. The van der Waals surface area contributed by atoms with Crippen LogP contribution in [0.15, 0.2) is 0 Å². The molecule has 0 aromatic heterocycles. The monoisotopic (exact) mass is 157 g/mol. The SMILES string of the molecule is CC1(C)CCCC(C)(C)[NH+]1[O]. The van der Waals surface area contributed by atoms with Crippen LogP contribution in [0.25, 0.3) is 0 Å². The van der Waals surface area contributed by atoms with Crippen LogP contribution in [-0.4, -0.2) is 11.1 Å². The lowest BCUT2D eigenvalue weighted by atomic mass is 9.82. The topological polar surface area (TPSA) is 24.3 Å². The van der Waals surface area contributed by atoms with Crippen molar-refractivity contribution in [2.45, 2.75) is 58.0 Å². The summed E-state index contributed by atoms with van der Waals surface area (Å²) >= 11 is 0. The predicted octanol–water partition coefficient (Wildman–Crippen LogP) is 0.958. The van der Waals surface area contributed by atoms with E-state index in [1.807, 2.05) is 0 Å². The molecule has 0 aliphatic carbocycles. The normalized spacial score (nSPS) is 30.3. The summed E-state index contributed by atoms with van der Waals surface area (Å²) in [5.74, 6) is 0. The van der Waals surface area contributed by atoms with Crippen LogP contribution >= 0.6 is 0 Å². The molecule has 0 aromatic carbocycles. The highest BCUT2D eigenvalue weighted by molar-refractivity contribution is 4.78. The van der Waals surface area contributed by atoms with Crippen LogP contribution in [0.3, 0.4) is 0 Å². The molecule has 0 bridgehead atoms. The van der Waals surface area contributed by atoms with E-state index in [2.05, 4.69) is 27.7 Å². The third kappa shape index (κ3) is 1.57. The Morgan fingerprint density at radius 3 is 1.64 bits per heavy atom. The van der Waals surface area contributed by atoms with Crippen LogP contribution in [0.1, 0.15) is 47.0 Å². The van der Waals surface area contributed by atoms with Crippen molar-refractivity contribution in [2.24, 2.45) is 0 Å². The minimum atomic E-state index is -0.0677. The van der Waals surface area contributed by atoms with Gasteiger partial charge in [0, 0.05) is 18.0 Å². The number of hydrogen-bond donors (Lipinski definition) is 1. The molecule has 1 saturated heterocycles. The Morgan fingerprint density at radius 1 is 1.00 bits per heavy atom. The second-order valence-electron chi connectivity index (χ2n) is 4.95. The number of piperidine rings is 1. The highest BCUT2D eigenvalue weighted by atomic mass is 16.5. The average molecular weight is 157 g/mol. The largest absolute Gasteiger partial charge is 0.143 e. The summed E-state index contributed by atoms with van der Waals surface area (Å²) in [5.41, 5.74) is -0.135. The average Bonchev–Trinajstić information content (AvgIpc) is 1.82. The highest BCUT2D eigenvalue weighted by Crippen LogP contribution is 2.22. The van der Waals surface area contributed by atoms with Gasteiger partial charge in [-0.25, -0.2) is 0 Å². The summed E-state index contributed by atoms with van der Waals surface area (Å²) in [4.78, 5) is 0. The fraction of sp³-hybridized carbons (Fsp3) is 1.00. The Bertz CT molecular complexity index is 136. The molecule has 0 unspecified atom stereocenters. The predicted molar refractivity (Wildman–Crippen MR) is 43.7 cm³/mol. The molecule has 1 aliphatic rings. The van der Waals surface area contributed by atoms with Gasteiger partial charge in [0.15, 0.2) is 0 Å². The molecule has 1 N–H and O–H groups in total. The Kier molecular flexibility index (Phi) is 2.01. The molecule has 0 spiro atoms. The van der Waals surface area contributed by atoms with Gasteiger partial charge in [-0.3, -0.25) is 0 Å². The summed E-state index contributed by atoms with van der Waals surface area (Å²) < 4.78 is 0. The summed E-state index contributed by atoms with van der Waals surface area (Å²) in [6, 6.07) is 0. The minimum Gasteiger partial charge on any atom is -0.143 e. The van der Waals surface area contributed by atoms with E-state index in [0.29, 0.717) is 5.06 Å². The summed E-state index contributed by atoms with van der Waals surface area (Å²) in [5, 5.41) is 12.2. The van der Waals surface area contributed by atoms with Gasteiger partial charge in [-0.1, -0.05) is 0 Å². The standard InChI is InChI=1S/C9H19NO/c1-8(2)6-5-7-9(3,4)10(8)11/h10H,5-7H2,1-4H3/q+1. The zero-order chi connectivity index (χ0) is 8.70. The lowest BCUT2D eigenvalue weighted by molar-refractivity contribution is -1.19. The molecule has 1 rings (SSSR count). The smallest absolute Gasteiger partial charge is 0.125 e. The van der Waals surface area contributed by atoms with E-state index < -0.39 is 0 Å². The van der Waals surface area contributed by atoms with Gasteiger partial charge >= 0.3 is 0 Å². The highest BCUT2D eigenvalue weighted by Gasteiger charge is 2.46. The minimum absolute atomic E-state index is 0.0677.